The highest BCUT2D eigenvalue weighted by Crippen LogP contribution is 2.41. The van der Waals surface area contributed by atoms with Gasteiger partial charge in [0.15, 0.2) is 0 Å². The third kappa shape index (κ3) is 6.08. The van der Waals surface area contributed by atoms with E-state index < -0.39 is 11.8 Å². The Kier molecular flexibility index (Phi) is 8.85. The fourth-order valence-electron chi connectivity index (χ4n) is 4.12. The molecule has 0 spiro atoms. The molecule has 0 saturated carbocycles. The number of dihydropyridines is 1. The second kappa shape index (κ2) is 12.3. The Labute approximate surface area is 234 Å². The minimum atomic E-state index is -0.784. The van der Waals surface area contributed by atoms with E-state index in [1.165, 1.54) is 24.1 Å². The van der Waals surface area contributed by atoms with Crippen molar-refractivity contribution in [2.75, 3.05) is 16.4 Å². The van der Waals surface area contributed by atoms with Crippen molar-refractivity contribution in [3.05, 3.63) is 104 Å². The van der Waals surface area contributed by atoms with Gasteiger partial charge >= 0.3 is 0 Å². The topological polar surface area (TPSA) is 107 Å². The Bertz CT molecular complexity index is 1480. The Balaban J connectivity index is 1.59. The van der Waals surface area contributed by atoms with E-state index in [-0.39, 0.29) is 22.3 Å². The smallest absolute Gasteiger partial charge is 0.254 e. The molecule has 0 radical (unpaired) electrons. The SMILES string of the molecule is CCc1ccccc1NC(=O)CSC1=C(C#N)[C@H](c2ccco2)C(C(=O)Nc2ccc(Cl)cc2Cl)=C(C)N1. The van der Waals surface area contributed by atoms with Crippen LogP contribution in [0.5, 0.6) is 0 Å². The molecule has 2 heterocycles. The average Bonchev–Trinajstić information content (AvgIpc) is 3.43. The van der Waals surface area contributed by atoms with Crippen LogP contribution in [0.15, 0.2) is 87.1 Å². The second-order valence-corrected chi connectivity index (χ2v) is 10.2. The third-order valence-electron chi connectivity index (χ3n) is 5.92. The van der Waals surface area contributed by atoms with Gasteiger partial charge in [0, 0.05) is 16.4 Å². The zero-order valence-electron chi connectivity index (χ0n) is 20.6. The quantitative estimate of drug-likeness (QED) is 0.275. The zero-order chi connectivity index (χ0) is 27.2. The normalized spacial score (nSPS) is 15.1. The van der Waals surface area contributed by atoms with Gasteiger partial charge in [0.1, 0.15) is 5.76 Å². The first kappa shape index (κ1) is 27.4. The maximum Gasteiger partial charge on any atom is 0.254 e. The lowest BCUT2D eigenvalue weighted by molar-refractivity contribution is -0.114. The van der Waals surface area contributed by atoms with Crippen LogP contribution in [-0.2, 0) is 16.0 Å². The van der Waals surface area contributed by atoms with Gasteiger partial charge in [0.05, 0.1) is 50.9 Å². The number of nitriles is 1. The largest absolute Gasteiger partial charge is 0.468 e. The summed E-state index contributed by atoms with van der Waals surface area (Å²) in [5, 5.41) is 20.3. The van der Waals surface area contributed by atoms with E-state index in [1.807, 2.05) is 31.2 Å². The number of furan rings is 1. The second-order valence-electron chi connectivity index (χ2n) is 8.39. The number of carbonyl (C=O) groups excluding carboxylic acids is 2. The van der Waals surface area contributed by atoms with E-state index in [9.17, 15) is 14.9 Å². The maximum absolute atomic E-state index is 13.5. The van der Waals surface area contributed by atoms with Crippen LogP contribution in [0.4, 0.5) is 11.4 Å². The highest BCUT2D eigenvalue weighted by atomic mass is 35.5. The average molecular weight is 567 g/mol. The van der Waals surface area contributed by atoms with Crippen LogP contribution in [-0.4, -0.2) is 17.6 Å². The first-order chi connectivity index (χ1) is 18.3. The fourth-order valence-corrected chi connectivity index (χ4v) is 5.47. The number of anilines is 2. The molecule has 3 N–H and O–H groups in total. The molecule has 10 heteroatoms. The number of halogens is 2. The molecule has 4 rings (SSSR count). The first-order valence-corrected chi connectivity index (χ1v) is 13.5. The molecule has 1 aliphatic heterocycles. The highest BCUT2D eigenvalue weighted by molar-refractivity contribution is 8.03. The number of benzene rings is 2. The van der Waals surface area contributed by atoms with Crippen LogP contribution in [0.1, 0.15) is 31.1 Å². The van der Waals surface area contributed by atoms with Crippen LogP contribution in [0.25, 0.3) is 0 Å². The summed E-state index contributed by atoms with van der Waals surface area (Å²) in [6.45, 7) is 3.76. The molecule has 2 aromatic carbocycles. The summed E-state index contributed by atoms with van der Waals surface area (Å²) in [5.74, 6) is -0.958. The Morgan fingerprint density at radius 3 is 2.58 bits per heavy atom. The number of nitrogens with zero attached hydrogens (tertiary/aromatic N) is 1. The van der Waals surface area contributed by atoms with Crippen LogP contribution in [0, 0.1) is 11.3 Å². The highest BCUT2D eigenvalue weighted by Gasteiger charge is 2.36. The summed E-state index contributed by atoms with van der Waals surface area (Å²) in [7, 11) is 0. The molecule has 7 nitrogen and oxygen atoms in total. The molecule has 1 atom stereocenters. The Hall–Kier alpha value is -3.64. The molecule has 2 amide bonds. The summed E-state index contributed by atoms with van der Waals surface area (Å²) < 4.78 is 5.64. The van der Waals surface area contributed by atoms with Crippen LogP contribution >= 0.6 is 35.0 Å². The van der Waals surface area contributed by atoms with Gasteiger partial charge in [-0.2, -0.15) is 5.26 Å². The number of nitrogens with one attached hydrogen (secondary N) is 3. The molecule has 0 bridgehead atoms. The van der Waals surface area contributed by atoms with Gasteiger partial charge in [-0.25, -0.2) is 0 Å². The lowest BCUT2D eigenvalue weighted by Gasteiger charge is -2.28. The minimum absolute atomic E-state index is 0.0611. The molecule has 38 heavy (non-hydrogen) atoms. The lowest BCUT2D eigenvalue weighted by Crippen LogP contribution is -2.31. The Morgan fingerprint density at radius 1 is 1.11 bits per heavy atom. The van der Waals surface area contributed by atoms with Gasteiger partial charge in [0.25, 0.3) is 5.91 Å². The van der Waals surface area contributed by atoms with E-state index in [0.29, 0.717) is 32.8 Å². The van der Waals surface area contributed by atoms with E-state index in [2.05, 4.69) is 22.0 Å². The van der Waals surface area contributed by atoms with Crippen LogP contribution < -0.4 is 16.0 Å². The standard InChI is InChI=1S/C28H24Cl2N4O3S/c1-3-17-7-4-5-8-21(17)33-24(35)15-38-28-19(14-31)26(23-9-6-12-37-23)25(16(2)32-28)27(36)34-22-11-10-18(29)13-20(22)30/h4-13,26,32H,3,15H2,1-2H3,(H,33,35)(H,34,36)/t26-/m1/s1. The number of amides is 2. The van der Waals surface area contributed by atoms with Crippen molar-refractivity contribution in [2.24, 2.45) is 0 Å². The van der Waals surface area contributed by atoms with Gasteiger partial charge in [-0.15, -0.1) is 0 Å². The number of hydrogen-bond donors (Lipinski definition) is 3. The fraction of sp³-hybridized carbons (Fsp3) is 0.179. The molecule has 1 aliphatic rings. The first-order valence-electron chi connectivity index (χ1n) is 11.7. The number of allylic oxidation sites excluding steroid dienone is 2. The van der Waals surface area contributed by atoms with Crippen molar-refractivity contribution in [1.82, 2.24) is 5.32 Å². The number of hydrogen-bond acceptors (Lipinski definition) is 6. The van der Waals surface area contributed by atoms with Crippen molar-refractivity contribution >= 4 is 58.2 Å². The summed E-state index contributed by atoms with van der Waals surface area (Å²) in [6, 6.07) is 18.0. The Morgan fingerprint density at radius 2 is 1.89 bits per heavy atom. The molecule has 0 saturated heterocycles. The van der Waals surface area contributed by atoms with Crippen molar-refractivity contribution in [3.8, 4) is 6.07 Å². The van der Waals surface area contributed by atoms with Crippen LogP contribution in [0.2, 0.25) is 10.0 Å². The molecular weight excluding hydrogens is 543 g/mol. The number of rotatable bonds is 8. The number of thioether (sulfide) groups is 1. The summed E-state index contributed by atoms with van der Waals surface area (Å²) in [4.78, 5) is 26.2. The lowest BCUT2D eigenvalue weighted by atomic mass is 9.85. The molecular formula is C28H24Cl2N4O3S. The van der Waals surface area contributed by atoms with Gasteiger partial charge in [-0.05, 0) is 55.3 Å². The molecule has 0 fully saturated rings. The third-order valence-corrected chi connectivity index (χ3v) is 7.48. The number of aryl methyl sites for hydroxylation is 1. The molecule has 1 aromatic heterocycles. The van der Waals surface area contributed by atoms with Gasteiger partial charge < -0.3 is 20.4 Å². The van der Waals surface area contributed by atoms with Gasteiger partial charge in [0.2, 0.25) is 5.91 Å². The van der Waals surface area contributed by atoms with Crippen molar-refractivity contribution in [2.45, 2.75) is 26.2 Å². The predicted octanol–water partition coefficient (Wildman–Crippen LogP) is 6.86. The zero-order valence-corrected chi connectivity index (χ0v) is 22.9. The van der Waals surface area contributed by atoms with E-state index in [1.54, 1.807) is 31.2 Å². The molecule has 0 unspecified atom stereocenters. The molecule has 194 valence electrons. The molecule has 0 aliphatic carbocycles. The van der Waals surface area contributed by atoms with Gasteiger partial charge in [-0.3, -0.25) is 9.59 Å². The van der Waals surface area contributed by atoms with E-state index in [0.717, 1.165) is 17.7 Å². The van der Waals surface area contributed by atoms with Crippen molar-refractivity contribution < 1.29 is 14.0 Å². The monoisotopic (exact) mass is 566 g/mol. The summed E-state index contributed by atoms with van der Waals surface area (Å²) >= 11 is 13.4. The van der Waals surface area contributed by atoms with E-state index >= 15 is 0 Å². The van der Waals surface area contributed by atoms with Crippen molar-refractivity contribution in [1.29, 1.82) is 5.26 Å². The van der Waals surface area contributed by atoms with Crippen molar-refractivity contribution in [3.63, 3.8) is 0 Å². The summed E-state index contributed by atoms with van der Waals surface area (Å²) in [6.07, 6.45) is 2.27. The minimum Gasteiger partial charge on any atom is -0.468 e. The number of carbonyl (C=O) groups is 2. The maximum atomic E-state index is 13.5. The molecule has 3 aromatic rings. The number of para-hydroxylation sites is 1. The van der Waals surface area contributed by atoms with Gasteiger partial charge in [-0.1, -0.05) is 60.1 Å². The van der Waals surface area contributed by atoms with Crippen LogP contribution in [0.3, 0.4) is 0 Å². The van der Waals surface area contributed by atoms with E-state index in [4.69, 9.17) is 27.6 Å². The summed E-state index contributed by atoms with van der Waals surface area (Å²) in [5.41, 5.74) is 3.26. The predicted molar refractivity (Wildman–Crippen MR) is 152 cm³/mol.